The van der Waals surface area contributed by atoms with E-state index in [1.807, 2.05) is 7.05 Å². The summed E-state index contributed by atoms with van der Waals surface area (Å²) in [6, 6.07) is 1.20. The Kier molecular flexibility index (Phi) is 7.34. The first-order valence-corrected chi connectivity index (χ1v) is 9.13. The maximum Gasteiger partial charge on any atom is 0.331 e. The number of likely N-dealkylation sites (tertiary alicyclic amines) is 1. The summed E-state index contributed by atoms with van der Waals surface area (Å²) < 4.78 is 7.27. The average Bonchev–Trinajstić information content (AvgIpc) is 2.66. The third-order valence-corrected chi connectivity index (χ3v) is 5.16. The predicted molar refractivity (Wildman–Crippen MR) is 101 cm³/mol. The fourth-order valence-corrected chi connectivity index (χ4v) is 3.63. The predicted octanol–water partition coefficient (Wildman–Crippen LogP) is -1.27. The molecule has 1 aliphatic heterocycles. The van der Waals surface area contributed by atoms with Gasteiger partial charge in [0.2, 0.25) is 0 Å². The monoisotopic (exact) mass is 382 g/mol. The molecule has 2 heterocycles. The summed E-state index contributed by atoms with van der Waals surface area (Å²) >= 11 is 0. The molecule has 27 heavy (non-hydrogen) atoms. The molecule has 0 unspecified atom stereocenters. The molecule has 1 aromatic heterocycles. The number of likely N-dealkylation sites (N-methyl/N-ethyl adjacent to an activating group) is 1. The highest BCUT2D eigenvalue weighted by Crippen LogP contribution is 2.23. The molecule has 1 aromatic rings. The highest BCUT2D eigenvalue weighted by atomic mass is 16.5. The van der Waals surface area contributed by atoms with Crippen LogP contribution in [0.5, 0.6) is 0 Å². The Morgan fingerprint density at radius 2 is 1.93 bits per heavy atom. The molecule has 9 heteroatoms. The molecule has 0 spiro atoms. The number of piperidine rings is 1. The van der Waals surface area contributed by atoms with E-state index in [1.54, 1.807) is 12.0 Å². The second-order valence-electron chi connectivity index (χ2n) is 7.38. The van der Waals surface area contributed by atoms with Gasteiger partial charge in [-0.25, -0.2) is 4.79 Å². The van der Waals surface area contributed by atoms with Crippen molar-refractivity contribution in [1.82, 2.24) is 18.9 Å². The Labute approximate surface area is 158 Å². The third kappa shape index (κ3) is 5.06. The summed E-state index contributed by atoms with van der Waals surface area (Å²) in [5, 5.41) is 9.65. The summed E-state index contributed by atoms with van der Waals surface area (Å²) in [5.41, 5.74) is -0.960. The quantitative estimate of drug-likeness (QED) is 0.632. The summed E-state index contributed by atoms with van der Waals surface area (Å²) in [4.78, 5) is 40.9. The van der Waals surface area contributed by atoms with Crippen LogP contribution in [0.4, 0.5) is 0 Å². The zero-order valence-electron chi connectivity index (χ0n) is 16.6. The number of nitrogens with zero attached hydrogens (tertiary/aromatic N) is 4. The van der Waals surface area contributed by atoms with Crippen LogP contribution in [0.15, 0.2) is 15.7 Å². The number of ether oxygens (including phenoxy) is 1. The van der Waals surface area contributed by atoms with Gasteiger partial charge >= 0.3 is 5.69 Å². The number of carbonyl (C=O) groups is 1. The number of hydrogen-bond acceptors (Lipinski definition) is 6. The van der Waals surface area contributed by atoms with Crippen LogP contribution in [-0.4, -0.2) is 83.5 Å². The van der Waals surface area contributed by atoms with Crippen LogP contribution in [0.3, 0.4) is 0 Å². The molecular weight excluding hydrogens is 352 g/mol. The molecule has 0 bridgehead atoms. The van der Waals surface area contributed by atoms with Gasteiger partial charge < -0.3 is 19.6 Å². The van der Waals surface area contributed by atoms with Crippen molar-refractivity contribution in [3.05, 3.63) is 32.6 Å². The van der Waals surface area contributed by atoms with E-state index in [1.165, 1.54) is 24.7 Å². The first kappa shape index (κ1) is 21.3. The Hall–Kier alpha value is -1.97. The molecule has 1 N–H and O–H groups in total. The van der Waals surface area contributed by atoms with Crippen LogP contribution < -0.4 is 11.2 Å². The number of aliphatic hydroxyl groups excluding tert-OH is 1. The van der Waals surface area contributed by atoms with Crippen molar-refractivity contribution in [1.29, 1.82) is 0 Å². The van der Waals surface area contributed by atoms with Crippen molar-refractivity contribution >= 4 is 5.91 Å². The molecule has 1 aliphatic rings. The molecule has 1 saturated heterocycles. The third-order valence-electron chi connectivity index (χ3n) is 5.16. The Balaban J connectivity index is 2.20. The number of carbonyl (C=O) groups excluding carboxylic acids is 1. The van der Waals surface area contributed by atoms with Crippen molar-refractivity contribution in [2.45, 2.75) is 6.42 Å². The van der Waals surface area contributed by atoms with E-state index in [0.717, 1.165) is 24.1 Å². The summed E-state index contributed by atoms with van der Waals surface area (Å²) in [7, 11) is 6.52. The minimum atomic E-state index is -0.530. The minimum Gasteiger partial charge on any atom is -0.396 e. The van der Waals surface area contributed by atoms with Crippen LogP contribution in [-0.2, 0) is 18.8 Å². The van der Waals surface area contributed by atoms with E-state index in [4.69, 9.17) is 4.74 Å². The SMILES string of the molecule is COCCN(C)C[C@H]1C[C@H](CO)CN(C(=O)c2cc(=O)n(C)c(=O)n2C)C1. The van der Waals surface area contributed by atoms with Crippen molar-refractivity contribution in [2.24, 2.45) is 25.9 Å². The van der Waals surface area contributed by atoms with Gasteiger partial charge in [0.15, 0.2) is 0 Å². The van der Waals surface area contributed by atoms with E-state index < -0.39 is 11.2 Å². The lowest BCUT2D eigenvalue weighted by atomic mass is 9.89. The van der Waals surface area contributed by atoms with E-state index >= 15 is 0 Å². The molecule has 9 nitrogen and oxygen atoms in total. The van der Waals surface area contributed by atoms with Gasteiger partial charge in [-0.05, 0) is 25.3 Å². The highest BCUT2D eigenvalue weighted by Gasteiger charge is 2.32. The zero-order valence-corrected chi connectivity index (χ0v) is 16.6. The van der Waals surface area contributed by atoms with Gasteiger partial charge in [-0.2, -0.15) is 0 Å². The zero-order chi connectivity index (χ0) is 20.1. The molecule has 0 radical (unpaired) electrons. The van der Waals surface area contributed by atoms with Gasteiger partial charge in [0.1, 0.15) is 5.69 Å². The number of hydrogen-bond donors (Lipinski definition) is 1. The lowest BCUT2D eigenvalue weighted by Crippen LogP contribution is -2.49. The molecule has 1 amide bonds. The number of rotatable bonds is 7. The number of aromatic nitrogens is 2. The second kappa shape index (κ2) is 9.29. The number of amides is 1. The fourth-order valence-electron chi connectivity index (χ4n) is 3.63. The van der Waals surface area contributed by atoms with Gasteiger partial charge in [-0.15, -0.1) is 0 Å². The van der Waals surface area contributed by atoms with Crippen molar-refractivity contribution in [3.8, 4) is 0 Å². The molecule has 0 aromatic carbocycles. The topological polar surface area (TPSA) is 97.0 Å². The Morgan fingerprint density at radius 1 is 1.26 bits per heavy atom. The van der Waals surface area contributed by atoms with Gasteiger partial charge in [-0.3, -0.25) is 18.7 Å². The molecule has 0 saturated carbocycles. The molecule has 0 aliphatic carbocycles. The largest absolute Gasteiger partial charge is 0.396 e. The first-order valence-electron chi connectivity index (χ1n) is 9.13. The molecule has 1 fully saturated rings. The van der Waals surface area contributed by atoms with Crippen LogP contribution in [0, 0.1) is 11.8 Å². The van der Waals surface area contributed by atoms with E-state index in [2.05, 4.69) is 4.90 Å². The normalized spacial score (nSPS) is 20.3. The van der Waals surface area contributed by atoms with Crippen molar-refractivity contribution < 1.29 is 14.6 Å². The number of aliphatic hydroxyl groups is 1. The molecule has 2 rings (SSSR count). The lowest BCUT2D eigenvalue weighted by Gasteiger charge is -2.38. The number of methoxy groups -OCH3 is 1. The van der Waals surface area contributed by atoms with E-state index in [9.17, 15) is 19.5 Å². The summed E-state index contributed by atoms with van der Waals surface area (Å²) in [5.74, 6) is -0.174. The van der Waals surface area contributed by atoms with Crippen molar-refractivity contribution in [3.63, 3.8) is 0 Å². The average molecular weight is 382 g/mol. The summed E-state index contributed by atoms with van der Waals surface area (Å²) in [6.07, 6.45) is 0.826. The van der Waals surface area contributed by atoms with Gasteiger partial charge in [-0.1, -0.05) is 0 Å². The maximum atomic E-state index is 13.0. The van der Waals surface area contributed by atoms with Crippen LogP contribution in [0.1, 0.15) is 16.9 Å². The van der Waals surface area contributed by atoms with Gasteiger partial charge in [0.05, 0.1) is 6.61 Å². The lowest BCUT2D eigenvalue weighted by molar-refractivity contribution is 0.0441. The molecular formula is C18H30N4O5. The molecule has 152 valence electrons. The van der Waals surface area contributed by atoms with Crippen LogP contribution in [0.2, 0.25) is 0 Å². The maximum absolute atomic E-state index is 13.0. The highest BCUT2D eigenvalue weighted by molar-refractivity contribution is 5.92. The summed E-state index contributed by atoms with van der Waals surface area (Å²) in [6.45, 7) is 3.13. The Bertz CT molecular complexity index is 772. The van der Waals surface area contributed by atoms with E-state index in [0.29, 0.717) is 19.7 Å². The smallest absolute Gasteiger partial charge is 0.331 e. The fraction of sp³-hybridized carbons (Fsp3) is 0.722. The second-order valence-corrected chi connectivity index (χ2v) is 7.38. The van der Waals surface area contributed by atoms with Crippen molar-refractivity contribution in [2.75, 3.05) is 53.6 Å². The van der Waals surface area contributed by atoms with Gasteiger partial charge in [0.25, 0.3) is 11.5 Å². The van der Waals surface area contributed by atoms with E-state index in [-0.39, 0.29) is 30.0 Å². The first-order chi connectivity index (χ1) is 12.8. The van der Waals surface area contributed by atoms with Crippen LogP contribution in [0.25, 0.3) is 0 Å². The Morgan fingerprint density at radius 3 is 2.56 bits per heavy atom. The standard InChI is InChI=1S/C18H30N4O5/c1-19(5-6-27-4)9-13-7-14(12-23)11-22(10-13)17(25)15-8-16(24)21(3)18(26)20(15)2/h8,13-14,23H,5-7,9-12H2,1-4H3/t13-,14+/m1/s1. The van der Waals surface area contributed by atoms with Gasteiger partial charge in [0, 0.05) is 60.1 Å². The van der Waals surface area contributed by atoms with Crippen LogP contribution >= 0.6 is 0 Å². The molecule has 2 atom stereocenters. The minimum absolute atomic E-state index is 0.00243.